The Morgan fingerprint density at radius 1 is 0.480 bits per heavy atom. The smallest absolute Gasteiger partial charge is 0.394 e. The van der Waals surface area contributed by atoms with E-state index in [-0.39, 0.29) is 12.5 Å². The van der Waals surface area contributed by atoms with Crippen molar-refractivity contribution in [3.8, 4) is 0 Å². The number of unbranched alkanes of at least 4 members (excludes halogenated alkanes) is 46. The summed E-state index contributed by atoms with van der Waals surface area (Å²) in [5, 5.41) is 45.2. The van der Waals surface area contributed by atoms with Crippen molar-refractivity contribution < 1.29 is 51.8 Å². The second kappa shape index (κ2) is 52.5. The Labute approximate surface area is 462 Å². The van der Waals surface area contributed by atoms with Gasteiger partial charge in [0.05, 0.1) is 25.4 Å². The van der Waals surface area contributed by atoms with Crippen LogP contribution in [-0.2, 0) is 28.9 Å². The highest BCUT2D eigenvalue weighted by atomic mass is 32.3. The van der Waals surface area contributed by atoms with Crippen LogP contribution in [0.4, 0.5) is 0 Å². The number of rotatable bonds is 58. The third-order valence-electron chi connectivity index (χ3n) is 15.9. The Bertz CT molecular complexity index is 1330. The number of aliphatic hydroxyl groups is 4. The van der Waals surface area contributed by atoms with Gasteiger partial charge in [-0.2, -0.15) is 8.42 Å². The van der Waals surface area contributed by atoms with Crippen molar-refractivity contribution in [3.05, 3.63) is 0 Å². The average molecular weight is 1090 g/mol. The molecule has 448 valence electrons. The summed E-state index contributed by atoms with van der Waals surface area (Å²) in [7, 11) is -5.08. The van der Waals surface area contributed by atoms with Gasteiger partial charge in [-0.3, -0.25) is 9.35 Å². The van der Waals surface area contributed by atoms with Gasteiger partial charge in [0, 0.05) is 6.42 Å². The standard InChI is InChI=1S/C62H123NO11S/c1-3-5-7-9-11-13-15-17-19-21-23-25-26-27-28-29-30-31-32-34-36-38-40-42-44-46-48-50-52-58(66)63-55(54-72-62-60(68)61(74-75(69,70)71)59(67)57(53-64)73-62)56(65)51-49-47-45-43-41-39-37-35-33-24-22-20-18-16-14-12-10-8-6-4-2/h55-57,59-62,64-65,67-68H,3-54H2,1-2H3,(H,63,66)(H,69,70,71). The number of ether oxygens (including phenoxy) is 2. The van der Waals surface area contributed by atoms with E-state index in [2.05, 4.69) is 23.3 Å². The second-order valence-electron chi connectivity index (χ2n) is 23.1. The van der Waals surface area contributed by atoms with E-state index in [0.29, 0.717) is 12.8 Å². The molecule has 0 radical (unpaired) electrons. The Balaban J connectivity index is 2.26. The lowest BCUT2D eigenvalue weighted by Crippen LogP contribution is -2.61. The summed E-state index contributed by atoms with van der Waals surface area (Å²) < 4.78 is 48.0. The number of hydrogen-bond acceptors (Lipinski definition) is 10. The minimum atomic E-state index is -5.08. The summed E-state index contributed by atoms with van der Waals surface area (Å²) in [4.78, 5) is 13.2. The van der Waals surface area contributed by atoms with Crippen molar-refractivity contribution in [1.29, 1.82) is 0 Å². The van der Waals surface area contributed by atoms with Crippen LogP contribution in [0.1, 0.15) is 335 Å². The molecule has 1 amide bonds. The third-order valence-corrected chi connectivity index (χ3v) is 16.4. The zero-order valence-corrected chi connectivity index (χ0v) is 49.7. The van der Waals surface area contributed by atoms with Gasteiger partial charge in [0.1, 0.15) is 24.4 Å². The summed E-state index contributed by atoms with van der Waals surface area (Å²) in [5.41, 5.74) is 0. The Morgan fingerprint density at radius 3 is 1.07 bits per heavy atom. The van der Waals surface area contributed by atoms with Crippen molar-refractivity contribution in [2.75, 3.05) is 13.2 Å². The van der Waals surface area contributed by atoms with E-state index in [9.17, 15) is 38.2 Å². The van der Waals surface area contributed by atoms with E-state index in [1.807, 2.05) is 0 Å². The Kier molecular flexibility index (Phi) is 50.5. The van der Waals surface area contributed by atoms with E-state index >= 15 is 0 Å². The summed E-state index contributed by atoms with van der Waals surface area (Å²) >= 11 is 0. The highest BCUT2D eigenvalue weighted by molar-refractivity contribution is 7.80. The molecule has 0 aliphatic carbocycles. The van der Waals surface area contributed by atoms with E-state index in [1.165, 1.54) is 257 Å². The van der Waals surface area contributed by atoms with Crippen molar-refractivity contribution in [1.82, 2.24) is 5.32 Å². The fourth-order valence-electron chi connectivity index (χ4n) is 10.9. The normalized spacial score (nSPS) is 18.9. The Morgan fingerprint density at radius 2 is 0.773 bits per heavy atom. The summed E-state index contributed by atoms with van der Waals surface area (Å²) in [5.74, 6) is -0.220. The molecule has 1 aliphatic heterocycles. The van der Waals surface area contributed by atoms with Crippen LogP contribution < -0.4 is 5.32 Å². The lowest BCUT2D eigenvalue weighted by atomic mass is 9.99. The molecule has 7 atom stereocenters. The predicted molar refractivity (Wildman–Crippen MR) is 310 cm³/mol. The number of nitrogens with one attached hydrogen (secondary N) is 1. The molecular formula is C62H123NO11S. The minimum absolute atomic E-state index is 0.220. The van der Waals surface area contributed by atoms with Crippen LogP contribution in [0.15, 0.2) is 0 Å². The van der Waals surface area contributed by atoms with Crippen LogP contribution in [0.5, 0.6) is 0 Å². The van der Waals surface area contributed by atoms with Crippen LogP contribution in [0, 0.1) is 0 Å². The molecule has 6 N–H and O–H groups in total. The summed E-state index contributed by atoms with van der Waals surface area (Å²) in [6.45, 7) is 3.52. The van der Waals surface area contributed by atoms with Gasteiger partial charge >= 0.3 is 10.4 Å². The van der Waals surface area contributed by atoms with E-state index in [4.69, 9.17) is 9.47 Å². The lowest BCUT2D eigenvalue weighted by Gasteiger charge is -2.41. The molecule has 0 spiro atoms. The molecule has 7 unspecified atom stereocenters. The molecule has 1 saturated heterocycles. The largest absolute Gasteiger partial charge is 0.397 e. The van der Waals surface area contributed by atoms with Crippen molar-refractivity contribution >= 4 is 16.3 Å². The van der Waals surface area contributed by atoms with E-state index in [1.54, 1.807) is 0 Å². The second-order valence-corrected chi connectivity index (χ2v) is 24.1. The number of amides is 1. The first kappa shape index (κ1) is 72.1. The van der Waals surface area contributed by atoms with Gasteiger partial charge in [0.2, 0.25) is 5.91 Å². The topological polar surface area (TPSA) is 192 Å². The molecule has 0 bridgehead atoms. The van der Waals surface area contributed by atoms with Gasteiger partial charge in [-0.25, -0.2) is 4.18 Å². The molecule has 0 saturated carbocycles. The van der Waals surface area contributed by atoms with Gasteiger partial charge in [0.25, 0.3) is 0 Å². The Hall–Kier alpha value is -0.900. The number of hydrogen-bond donors (Lipinski definition) is 6. The monoisotopic (exact) mass is 1090 g/mol. The maximum Gasteiger partial charge on any atom is 0.397 e. The van der Waals surface area contributed by atoms with E-state index in [0.717, 1.165) is 51.4 Å². The molecule has 13 heteroatoms. The zero-order valence-electron chi connectivity index (χ0n) is 48.9. The molecule has 1 rings (SSSR count). The number of aliphatic hydroxyl groups excluding tert-OH is 4. The average Bonchev–Trinajstić information content (AvgIpc) is 3.39. The molecule has 1 fully saturated rings. The fourth-order valence-corrected chi connectivity index (χ4v) is 11.4. The quantitative estimate of drug-likeness (QED) is 0.0251. The number of carbonyl (C=O) groups is 1. The molecule has 1 aliphatic rings. The third kappa shape index (κ3) is 44.5. The summed E-state index contributed by atoms with van der Waals surface area (Å²) in [6, 6.07) is -0.854. The van der Waals surface area contributed by atoms with Crippen molar-refractivity contribution in [2.45, 2.75) is 378 Å². The highest BCUT2D eigenvalue weighted by Gasteiger charge is 2.48. The molecule has 0 aromatic heterocycles. The first-order valence-corrected chi connectivity index (χ1v) is 33.8. The van der Waals surface area contributed by atoms with Crippen LogP contribution >= 0.6 is 0 Å². The maximum absolute atomic E-state index is 13.2. The predicted octanol–water partition coefficient (Wildman–Crippen LogP) is 16.0. The molecule has 1 heterocycles. The van der Waals surface area contributed by atoms with Gasteiger partial charge < -0.3 is 35.2 Å². The van der Waals surface area contributed by atoms with Crippen molar-refractivity contribution in [3.63, 3.8) is 0 Å². The highest BCUT2D eigenvalue weighted by Crippen LogP contribution is 2.27. The maximum atomic E-state index is 13.2. The molecule has 0 aromatic rings. The molecule has 75 heavy (non-hydrogen) atoms. The van der Waals surface area contributed by atoms with Crippen molar-refractivity contribution in [2.24, 2.45) is 0 Å². The lowest BCUT2D eigenvalue weighted by molar-refractivity contribution is -0.298. The van der Waals surface area contributed by atoms with Crippen LogP contribution in [-0.4, -0.2) is 95.4 Å². The molecule has 0 aromatic carbocycles. The van der Waals surface area contributed by atoms with Gasteiger partial charge in [-0.1, -0.05) is 316 Å². The van der Waals surface area contributed by atoms with Gasteiger partial charge in [-0.15, -0.1) is 0 Å². The van der Waals surface area contributed by atoms with Crippen LogP contribution in [0.3, 0.4) is 0 Å². The van der Waals surface area contributed by atoms with Crippen LogP contribution in [0.25, 0.3) is 0 Å². The zero-order chi connectivity index (χ0) is 54.7. The molecular weight excluding hydrogens is 967 g/mol. The first-order chi connectivity index (χ1) is 36.5. The number of carbonyl (C=O) groups excluding carboxylic acids is 1. The van der Waals surface area contributed by atoms with Gasteiger partial charge in [-0.05, 0) is 12.8 Å². The minimum Gasteiger partial charge on any atom is -0.394 e. The fraction of sp³-hybridized carbons (Fsp3) is 0.984. The van der Waals surface area contributed by atoms with Gasteiger partial charge in [0.15, 0.2) is 6.29 Å². The SMILES string of the molecule is CCCCCCCCCCCCCCCCCCCCCCCCCCCCCCC(=O)NC(COC1OC(CO)C(O)C(OS(=O)(=O)O)C1O)C(O)CCCCCCCCCCCCCCCCCCCCCC. The summed E-state index contributed by atoms with van der Waals surface area (Å²) in [6.07, 6.45) is 54.1. The first-order valence-electron chi connectivity index (χ1n) is 32.4. The van der Waals surface area contributed by atoms with Crippen LogP contribution in [0.2, 0.25) is 0 Å². The molecule has 12 nitrogen and oxygen atoms in total. The van der Waals surface area contributed by atoms with E-state index < -0.39 is 59.9 Å².